The van der Waals surface area contributed by atoms with Crippen LogP contribution in [0.4, 0.5) is 10.1 Å². The number of ether oxygens (including phenoxy) is 1. The number of benzene rings is 1. The van der Waals surface area contributed by atoms with Crippen molar-refractivity contribution in [2.75, 3.05) is 7.11 Å². The predicted octanol–water partition coefficient (Wildman–Crippen LogP) is 3.19. The number of rotatable bonds is 4. The van der Waals surface area contributed by atoms with Gasteiger partial charge in [0.15, 0.2) is 0 Å². The Morgan fingerprint density at radius 1 is 1.56 bits per heavy atom. The van der Waals surface area contributed by atoms with Crippen LogP contribution in [0.15, 0.2) is 10.5 Å². The molecular weight excluding hydrogens is 309 g/mol. The number of nitro groups is 1. The minimum Gasteiger partial charge on any atom is -0.495 e. The Kier molecular flexibility index (Phi) is 4.64. The zero-order chi connectivity index (χ0) is 14.0. The molecule has 0 aromatic heterocycles. The molecular formula is C11H13BrFNO4. The lowest BCUT2D eigenvalue weighted by Crippen LogP contribution is -2.09. The highest BCUT2D eigenvalue weighted by atomic mass is 79.9. The lowest BCUT2D eigenvalue weighted by molar-refractivity contribution is -0.387. The van der Waals surface area contributed by atoms with E-state index in [4.69, 9.17) is 4.74 Å². The van der Waals surface area contributed by atoms with Crippen molar-refractivity contribution in [3.8, 4) is 5.75 Å². The summed E-state index contributed by atoms with van der Waals surface area (Å²) >= 11 is 2.91. The number of halogens is 2. The average Bonchev–Trinajstić information content (AvgIpc) is 2.30. The highest BCUT2D eigenvalue weighted by Gasteiger charge is 2.28. The van der Waals surface area contributed by atoms with E-state index in [1.807, 2.05) is 0 Å². The van der Waals surface area contributed by atoms with Gasteiger partial charge in [-0.1, -0.05) is 13.8 Å². The first kappa shape index (κ1) is 14.8. The van der Waals surface area contributed by atoms with E-state index in [0.717, 1.165) is 6.07 Å². The van der Waals surface area contributed by atoms with Crippen molar-refractivity contribution in [2.45, 2.75) is 20.0 Å². The maximum Gasteiger partial charge on any atom is 0.306 e. The largest absolute Gasteiger partial charge is 0.495 e. The maximum atomic E-state index is 13.7. The van der Waals surface area contributed by atoms with Crippen molar-refractivity contribution in [3.63, 3.8) is 0 Å². The van der Waals surface area contributed by atoms with Crippen molar-refractivity contribution >= 4 is 21.6 Å². The summed E-state index contributed by atoms with van der Waals surface area (Å²) in [5.41, 5.74) is -0.509. The third-order valence-corrected chi connectivity index (χ3v) is 3.23. The molecule has 1 atom stereocenters. The molecule has 100 valence electrons. The lowest BCUT2D eigenvalue weighted by Gasteiger charge is -2.19. The molecule has 0 aliphatic rings. The van der Waals surface area contributed by atoms with Gasteiger partial charge >= 0.3 is 5.69 Å². The first-order chi connectivity index (χ1) is 8.31. The summed E-state index contributed by atoms with van der Waals surface area (Å²) in [6, 6.07) is 1.00. The minimum atomic E-state index is -1.02. The molecule has 1 aromatic carbocycles. The van der Waals surface area contributed by atoms with Gasteiger partial charge in [-0.25, -0.2) is 0 Å². The Hall–Kier alpha value is -1.21. The molecule has 1 unspecified atom stereocenters. The van der Waals surface area contributed by atoms with Gasteiger partial charge in [0.2, 0.25) is 5.82 Å². The summed E-state index contributed by atoms with van der Waals surface area (Å²) in [6.45, 7) is 3.49. The Morgan fingerprint density at radius 3 is 2.50 bits per heavy atom. The van der Waals surface area contributed by atoms with E-state index < -0.39 is 22.5 Å². The number of aliphatic hydroxyl groups is 1. The van der Waals surface area contributed by atoms with Crippen LogP contribution in [0.1, 0.15) is 25.5 Å². The molecule has 1 N–H and O–H groups in total. The third kappa shape index (κ3) is 2.62. The molecule has 0 aliphatic carbocycles. The number of aliphatic hydroxyl groups excluding tert-OH is 1. The number of nitrogens with zero attached hydrogens (tertiary/aromatic N) is 1. The molecule has 5 nitrogen and oxygen atoms in total. The smallest absolute Gasteiger partial charge is 0.306 e. The fourth-order valence-corrected chi connectivity index (χ4v) is 2.13. The van der Waals surface area contributed by atoms with Crippen molar-refractivity contribution in [1.29, 1.82) is 0 Å². The molecule has 0 spiro atoms. The van der Waals surface area contributed by atoms with E-state index in [0.29, 0.717) is 0 Å². The van der Waals surface area contributed by atoms with Crippen molar-refractivity contribution in [2.24, 2.45) is 5.92 Å². The first-order valence-corrected chi connectivity index (χ1v) is 5.98. The molecule has 0 saturated heterocycles. The Balaban J connectivity index is 3.54. The van der Waals surface area contributed by atoms with E-state index in [2.05, 4.69) is 15.9 Å². The second kappa shape index (κ2) is 5.62. The van der Waals surface area contributed by atoms with E-state index in [1.165, 1.54) is 7.11 Å². The second-order valence-corrected chi connectivity index (χ2v) is 4.89. The molecule has 0 amide bonds. The lowest BCUT2D eigenvalue weighted by atomic mass is 9.97. The first-order valence-electron chi connectivity index (χ1n) is 5.19. The molecule has 7 heteroatoms. The van der Waals surface area contributed by atoms with Gasteiger partial charge in [-0.15, -0.1) is 0 Å². The number of methoxy groups -OCH3 is 1. The van der Waals surface area contributed by atoms with Gasteiger partial charge in [0.1, 0.15) is 10.2 Å². The molecule has 0 heterocycles. The molecule has 18 heavy (non-hydrogen) atoms. The normalized spacial score (nSPS) is 12.6. The van der Waals surface area contributed by atoms with Crippen molar-refractivity contribution < 1.29 is 19.2 Å². The van der Waals surface area contributed by atoms with Crippen LogP contribution in [0, 0.1) is 21.8 Å². The topological polar surface area (TPSA) is 72.6 Å². The predicted molar refractivity (Wildman–Crippen MR) is 67.1 cm³/mol. The SMILES string of the molecule is COc1c(C(O)C(C)C)cc([N+](=O)[O-])c(F)c1Br. The fraction of sp³-hybridized carbons (Fsp3) is 0.455. The highest BCUT2D eigenvalue weighted by Crippen LogP contribution is 2.41. The van der Waals surface area contributed by atoms with Crippen LogP contribution in [0.5, 0.6) is 5.75 Å². The highest BCUT2D eigenvalue weighted by molar-refractivity contribution is 9.10. The number of nitro benzene ring substituents is 1. The number of hydrogen-bond acceptors (Lipinski definition) is 4. The third-order valence-electron chi connectivity index (χ3n) is 2.52. The standard InChI is InChI=1S/C11H13BrFNO4/c1-5(2)10(15)6-4-7(14(16)17)9(13)8(12)11(6)18-3/h4-5,10,15H,1-3H3. The van der Waals surface area contributed by atoms with E-state index in [1.54, 1.807) is 13.8 Å². The van der Waals surface area contributed by atoms with Crippen LogP contribution in [-0.2, 0) is 0 Å². The summed E-state index contributed by atoms with van der Waals surface area (Å²) < 4.78 is 18.5. The summed E-state index contributed by atoms with van der Waals surface area (Å²) in [5.74, 6) is -1.13. The van der Waals surface area contributed by atoms with Crippen LogP contribution in [0.3, 0.4) is 0 Å². The van der Waals surface area contributed by atoms with Crippen molar-refractivity contribution in [1.82, 2.24) is 0 Å². The zero-order valence-electron chi connectivity index (χ0n) is 10.1. The summed E-state index contributed by atoms with van der Waals surface area (Å²) in [6.07, 6.45) is -0.976. The molecule has 0 aliphatic heterocycles. The van der Waals surface area contributed by atoms with Crippen LogP contribution >= 0.6 is 15.9 Å². The van der Waals surface area contributed by atoms with Gasteiger partial charge in [-0.2, -0.15) is 4.39 Å². The molecule has 0 saturated carbocycles. The van der Waals surface area contributed by atoms with Crippen LogP contribution in [-0.4, -0.2) is 17.1 Å². The Bertz CT molecular complexity index is 479. The fourth-order valence-electron chi connectivity index (χ4n) is 1.53. The monoisotopic (exact) mass is 321 g/mol. The summed E-state index contributed by atoms with van der Waals surface area (Å²) in [7, 11) is 1.31. The summed E-state index contributed by atoms with van der Waals surface area (Å²) in [5, 5.41) is 20.7. The van der Waals surface area contributed by atoms with Gasteiger partial charge in [0, 0.05) is 11.6 Å². The van der Waals surface area contributed by atoms with Crippen LogP contribution < -0.4 is 4.74 Å². The van der Waals surface area contributed by atoms with Gasteiger partial charge in [0.25, 0.3) is 0 Å². The van der Waals surface area contributed by atoms with Gasteiger partial charge < -0.3 is 9.84 Å². The Morgan fingerprint density at radius 2 is 2.11 bits per heavy atom. The van der Waals surface area contributed by atoms with E-state index in [9.17, 15) is 19.6 Å². The minimum absolute atomic E-state index is 0.0688. The maximum absolute atomic E-state index is 13.7. The molecule has 0 bridgehead atoms. The average molecular weight is 322 g/mol. The Labute approximate surface area is 112 Å². The van der Waals surface area contributed by atoms with Gasteiger partial charge in [0.05, 0.1) is 18.1 Å². The second-order valence-electron chi connectivity index (χ2n) is 4.09. The zero-order valence-corrected chi connectivity index (χ0v) is 11.7. The van der Waals surface area contributed by atoms with E-state index >= 15 is 0 Å². The molecule has 1 rings (SSSR count). The molecule has 1 aromatic rings. The molecule has 0 fully saturated rings. The van der Waals surface area contributed by atoms with Crippen LogP contribution in [0.25, 0.3) is 0 Å². The quantitative estimate of drug-likeness (QED) is 0.682. The van der Waals surface area contributed by atoms with Gasteiger partial charge in [-0.3, -0.25) is 10.1 Å². The van der Waals surface area contributed by atoms with Crippen LogP contribution in [0.2, 0.25) is 0 Å². The van der Waals surface area contributed by atoms with E-state index in [-0.39, 0.29) is 21.7 Å². The summed E-state index contributed by atoms with van der Waals surface area (Å²) in [4.78, 5) is 9.90. The van der Waals surface area contributed by atoms with Gasteiger partial charge in [-0.05, 0) is 21.8 Å². The van der Waals surface area contributed by atoms with Crippen molar-refractivity contribution in [3.05, 3.63) is 32.0 Å². The molecule has 0 radical (unpaired) electrons. The number of hydrogen-bond donors (Lipinski definition) is 1.